The van der Waals surface area contributed by atoms with E-state index >= 15 is 0 Å². The topological polar surface area (TPSA) is 143 Å². The summed E-state index contributed by atoms with van der Waals surface area (Å²) in [4.78, 5) is 44.7. The Morgan fingerprint density at radius 2 is 1.81 bits per heavy atom. The van der Waals surface area contributed by atoms with Gasteiger partial charge in [0.1, 0.15) is 30.8 Å². The number of rotatable bonds is 11. The summed E-state index contributed by atoms with van der Waals surface area (Å²) >= 11 is 0. The van der Waals surface area contributed by atoms with Gasteiger partial charge in [-0.1, -0.05) is 43.9 Å². The van der Waals surface area contributed by atoms with E-state index in [2.05, 4.69) is 39.7 Å². The van der Waals surface area contributed by atoms with E-state index in [-0.39, 0.29) is 36.3 Å². The first-order valence-electron chi connectivity index (χ1n) is 16.8. The molecule has 0 N–H and O–H groups in total. The third kappa shape index (κ3) is 8.24. The van der Waals surface area contributed by atoms with Crippen LogP contribution in [0.1, 0.15) is 38.8 Å². The summed E-state index contributed by atoms with van der Waals surface area (Å²) in [7, 11) is -1.45. The van der Waals surface area contributed by atoms with Crippen LogP contribution in [0.25, 0.3) is 0 Å². The summed E-state index contributed by atoms with van der Waals surface area (Å²) in [5, 5.41) is 13.1. The van der Waals surface area contributed by atoms with Crippen molar-refractivity contribution in [3.05, 3.63) is 99.5 Å². The molecule has 5 heterocycles. The van der Waals surface area contributed by atoms with Crippen molar-refractivity contribution in [1.29, 1.82) is 5.26 Å². The highest BCUT2D eigenvalue weighted by molar-refractivity contribution is 6.76. The molecule has 0 saturated carbocycles. The Labute approximate surface area is 299 Å². The Morgan fingerprint density at radius 3 is 2.50 bits per heavy atom. The van der Waals surface area contributed by atoms with Gasteiger partial charge < -0.3 is 24.2 Å². The summed E-state index contributed by atoms with van der Waals surface area (Å²) in [6, 6.07) is 12.7. The predicted molar refractivity (Wildman–Crippen MR) is 188 cm³/mol. The smallest absolute Gasteiger partial charge is 0.423 e. The molecule has 1 unspecified atom stereocenters. The van der Waals surface area contributed by atoms with Gasteiger partial charge in [-0.25, -0.2) is 14.6 Å². The molecule has 2 aliphatic heterocycles. The lowest BCUT2D eigenvalue weighted by Crippen LogP contribution is -2.49. The number of alkyl halides is 3. The van der Waals surface area contributed by atoms with Crippen molar-refractivity contribution in [2.75, 3.05) is 49.2 Å². The number of carbonyl (C=O) groups is 1. The van der Waals surface area contributed by atoms with E-state index in [4.69, 9.17) is 14.7 Å². The number of aromatic nitrogens is 5. The van der Waals surface area contributed by atoms with Crippen LogP contribution in [0.15, 0.2) is 66.0 Å². The average molecular weight is 734 g/mol. The Hall–Kier alpha value is -5.34. The van der Waals surface area contributed by atoms with Gasteiger partial charge in [0.25, 0.3) is 11.5 Å². The van der Waals surface area contributed by atoms with E-state index in [0.717, 1.165) is 23.4 Å². The maximum atomic E-state index is 14.6. The van der Waals surface area contributed by atoms with Crippen LogP contribution in [0.3, 0.4) is 0 Å². The fraction of sp³-hybridized carbons (Fsp3) is 0.400. The normalized spacial score (nSPS) is 16.1. The summed E-state index contributed by atoms with van der Waals surface area (Å²) < 4.78 is 56.1. The zero-order valence-corrected chi connectivity index (χ0v) is 30.0. The summed E-state index contributed by atoms with van der Waals surface area (Å²) in [6.45, 7) is 8.16. The number of hydrogen-bond donors (Lipinski definition) is 0. The molecule has 52 heavy (non-hydrogen) atoms. The van der Waals surface area contributed by atoms with Gasteiger partial charge in [-0.2, -0.15) is 23.5 Å². The molecule has 1 atom stereocenters. The molecule has 13 nitrogen and oxygen atoms in total. The number of benzene rings is 1. The zero-order valence-electron chi connectivity index (χ0n) is 29.0. The van der Waals surface area contributed by atoms with Gasteiger partial charge in [-0.05, 0) is 29.3 Å². The van der Waals surface area contributed by atoms with Crippen LogP contribution in [-0.4, -0.2) is 83.0 Å². The van der Waals surface area contributed by atoms with Gasteiger partial charge >= 0.3 is 6.18 Å². The number of nitriles is 1. The van der Waals surface area contributed by atoms with Crippen molar-refractivity contribution in [1.82, 2.24) is 29.6 Å². The van der Waals surface area contributed by atoms with Crippen LogP contribution >= 0.6 is 0 Å². The highest BCUT2D eigenvalue weighted by atomic mass is 28.3. The first kappa shape index (κ1) is 36.4. The van der Waals surface area contributed by atoms with Gasteiger partial charge in [-0.3, -0.25) is 14.6 Å². The zero-order chi connectivity index (χ0) is 37.0. The minimum absolute atomic E-state index is 0.0238. The van der Waals surface area contributed by atoms with E-state index in [1.54, 1.807) is 35.2 Å². The van der Waals surface area contributed by atoms with E-state index in [0.29, 0.717) is 48.8 Å². The number of pyridine rings is 1. The number of amides is 1. The SMILES string of the molecule is C[Si](C)(C)CCOCn1ncc(N2Cc3ccccc3C2COc2cncc(C(=O)N3CCN(c4ccc(C#N)cn4)CC3)n2)c(C(F)(F)F)c1=O. The molecule has 6 rings (SSSR count). The minimum Gasteiger partial charge on any atom is -0.474 e. The first-order chi connectivity index (χ1) is 24.8. The number of anilines is 2. The quantitative estimate of drug-likeness (QED) is 0.156. The Kier molecular flexibility index (Phi) is 10.6. The number of piperazine rings is 1. The molecule has 272 valence electrons. The lowest BCUT2D eigenvalue weighted by molar-refractivity contribution is -0.138. The lowest BCUT2D eigenvalue weighted by atomic mass is 10.1. The molecule has 1 amide bonds. The summed E-state index contributed by atoms with van der Waals surface area (Å²) in [6.07, 6.45) is 0.266. The van der Waals surface area contributed by atoms with Crippen LogP contribution in [0, 0.1) is 11.3 Å². The van der Waals surface area contributed by atoms with Crippen molar-refractivity contribution in [2.45, 2.75) is 51.2 Å². The largest absolute Gasteiger partial charge is 0.474 e. The maximum Gasteiger partial charge on any atom is 0.423 e. The fourth-order valence-electron chi connectivity index (χ4n) is 6.11. The number of nitrogens with zero attached hydrogens (tertiary/aromatic N) is 9. The first-order valence-corrected chi connectivity index (χ1v) is 20.5. The van der Waals surface area contributed by atoms with Gasteiger partial charge in [-0.15, -0.1) is 0 Å². The minimum atomic E-state index is -4.97. The van der Waals surface area contributed by atoms with Crippen molar-refractivity contribution >= 4 is 25.5 Å². The predicted octanol–water partition coefficient (Wildman–Crippen LogP) is 4.73. The highest BCUT2D eigenvalue weighted by Gasteiger charge is 2.43. The monoisotopic (exact) mass is 733 g/mol. The van der Waals surface area contributed by atoms with Crippen LogP contribution < -0.4 is 20.1 Å². The number of hydrogen-bond acceptors (Lipinski definition) is 11. The number of carbonyl (C=O) groups excluding carboxylic acids is 1. The van der Waals surface area contributed by atoms with Gasteiger partial charge in [0.2, 0.25) is 5.88 Å². The molecule has 0 radical (unpaired) electrons. The van der Waals surface area contributed by atoms with Gasteiger partial charge in [0, 0.05) is 53.6 Å². The average Bonchev–Trinajstić information content (AvgIpc) is 3.50. The van der Waals surface area contributed by atoms with E-state index in [1.807, 2.05) is 17.0 Å². The number of halogens is 3. The molecule has 1 fully saturated rings. The van der Waals surface area contributed by atoms with E-state index in [1.165, 1.54) is 23.5 Å². The molecule has 0 aliphatic carbocycles. The molecule has 17 heteroatoms. The number of ether oxygens (including phenoxy) is 2. The second kappa shape index (κ2) is 15.1. The van der Waals surface area contributed by atoms with Crippen LogP contribution in [0.5, 0.6) is 5.88 Å². The second-order valence-corrected chi connectivity index (χ2v) is 19.4. The van der Waals surface area contributed by atoms with Crippen molar-refractivity contribution in [3.63, 3.8) is 0 Å². The molecule has 4 aromatic rings. The van der Waals surface area contributed by atoms with Gasteiger partial charge in [0.05, 0.1) is 35.9 Å². The van der Waals surface area contributed by atoms with Crippen molar-refractivity contribution in [3.8, 4) is 11.9 Å². The van der Waals surface area contributed by atoms with Crippen LogP contribution in [-0.2, 0) is 24.2 Å². The Morgan fingerprint density at radius 1 is 1.04 bits per heavy atom. The third-order valence-electron chi connectivity index (χ3n) is 8.95. The summed E-state index contributed by atoms with van der Waals surface area (Å²) in [5.74, 6) is 0.393. The lowest BCUT2D eigenvalue weighted by Gasteiger charge is -2.35. The van der Waals surface area contributed by atoms with Crippen molar-refractivity contribution < 1.29 is 27.4 Å². The Bertz CT molecular complexity index is 2010. The molecule has 1 aromatic carbocycles. The van der Waals surface area contributed by atoms with E-state index < -0.39 is 38.1 Å². The molecular weight excluding hydrogens is 696 g/mol. The molecule has 0 spiro atoms. The number of fused-ring (bicyclic) bond motifs is 1. The fourth-order valence-corrected chi connectivity index (χ4v) is 6.86. The summed E-state index contributed by atoms with van der Waals surface area (Å²) in [5.41, 5.74) is -0.977. The highest BCUT2D eigenvalue weighted by Crippen LogP contribution is 2.42. The van der Waals surface area contributed by atoms with E-state index in [9.17, 15) is 22.8 Å². The standard InChI is InChI=1S/C35H38F3N9O4Si/c1-52(2,3)15-14-50-23-47-34(49)32(35(36,37)38)28(19-42-47)46-21-25-6-4-5-7-26(25)29(46)22-51-31-20-40-18-27(43-31)33(48)45-12-10-44(11-13-45)30-9-8-24(16-39)17-41-30/h4-9,17-20,29H,10-15,21-23H2,1-3H3. The maximum absolute atomic E-state index is 14.6. The van der Waals surface area contributed by atoms with Crippen LogP contribution in [0.4, 0.5) is 24.7 Å². The molecule has 3 aromatic heterocycles. The molecule has 0 bridgehead atoms. The molecule has 2 aliphatic rings. The molecule has 1 saturated heterocycles. The third-order valence-corrected chi connectivity index (χ3v) is 10.7. The van der Waals surface area contributed by atoms with Gasteiger partial charge in [0.15, 0.2) is 5.69 Å². The Balaban J connectivity index is 1.17. The van der Waals surface area contributed by atoms with Crippen molar-refractivity contribution in [2.24, 2.45) is 0 Å². The van der Waals surface area contributed by atoms with Crippen LogP contribution in [0.2, 0.25) is 25.7 Å². The molecular formula is C35H38F3N9O4Si. The second-order valence-electron chi connectivity index (χ2n) is 13.7.